The van der Waals surface area contributed by atoms with E-state index in [-0.39, 0.29) is 0 Å². The average molecular weight is 370 g/mol. The number of nitrogens with zero attached hydrogens (tertiary/aromatic N) is 2. The summed E-state index contributed by atoms with van der Waals surface area (Å²) in [6.45, 7) is 4.59. The molecule has 2 N–H and O–H groups in total. The van der Waals surface area contributed by atoms with Gasteiger partial charge in [-0.1, -0.05) is 48.5 Å². The van der Waals surface area contributed by atoms with Crippen molar-refractivity contribution in [3.8, 4) is 0 Å². The number of carbonyl (C=O) groups is 1. The van der Waals surface area contributed by atoms with Crippen LogP contribution < -0.4 is 4.90 Å². The van der Waals surface area contributed by atoms with Crippen LogP contribution in [0.2, 0.25) is 0 Å². The molecule has 0 spiro atoms. The highest BCUT2D eigenvalue weighted by Gasteiger charge is 2.23. The van der Waals surface area contributed by atoms with Crippen molar-refractivity contribution < 1.29 is 15.0 Å². The number of likely N-dealkylation sites (tertiary alicyclic amines) is 1. The first kappa shape index (κ1) is 20.9. The smallest absolute Gasteiger partial charge is 0.332 e. The molecule has 0 radical (unpaired) electrons. The van der Waals surface area contributed by atoms with Gasteiger partial charge in [0.15, 0.2) is 0 Å². The maximum absolute atomic E-state index is 9.45. The molecule has 1 aliphatic rings. The highest BCUT2D eigenvalue weighted by molar-refractivity contribution is 5.71. The minimum atomic E-state index is -1.23. The van der Waals surface area contributed by atoms with Gasteiger partial charge in [-0.2, -0.15) is 0 Å². The SMILES string of the molecule is CC(O)C(=O)O.CN1CCC(N(Cc2ccccc2)c2ccccc2)CC1. The average Bonchev–Trinajstić information content (AvgIpc) is 2.69. The van der Waals surface area contributed by atoms with Crippen LogP contribution in [0.1, 0.15) is 25.3 Å². The van der Waals surface area contributed by atoms with E-state index in [1.54, 1.807) is 0 Å². The topological polar surface area (TPSA) is 64.0 Å². The number of rotatable bonds is 5. The molecule has 2 aromatic carbocycles. The molecule has 0 bridgehead atoms. The van der Waals surface area contributed by atoms with Gasteiger partial charge in [0.25, 0.3) is 0 Å². The zero-order chi connectivity index (χ0) is 19.6. The van der Waals surface area contributed by atoms with E-state index in [0.717, 1.165) is 6.54 Å². The first-order valence-corrected chi connectivity index (χ1v) is 9.42. The number of carboxylic acids is 1. The predicted molar refractivity (Wildman–Crippen MR) is 109 cm³/mol. The number of benzene rings is 2. The first-order valence-electron chi connectivity index (χ1n) is 9.42. The van der Waals surface area contributed by atoms with E-state index in [0.29, 0.717) is 6.04 Å². The monoisotopic (exact) mass is 370 g/mol. The molecule has 1 aliphatic heterocycles. The predicted octanol–water partition coefficient (Wildman–Crippen LogP) is 3.24. The van der Waals surface area contributed by atoms with Gasteiger partial charge in [0.2, 0.25) is 0 Å². The molecule has 0 aliphatic carbocycles. The van der Waals surface area contributed by atoms with Gasteiger partial charge in [-0.05, 0) is 57.6 Å². The molecular formula is C22H30N2O3. The lowest BCUT2D eigenvalue weighted by Gasteiger charge is -2.39. The molecule has 1 unspecified atom stereocenters. The van der Waals surface area contributed by atoms with E-state index in [1.165, 1.54) is 44.1 Å². The van der Waals surface area contributed by atoms with Gasteiger partial charge in [0.05, 0.1) is 0 Å². The number of hydrogen-bond donors (Lipinski definition) is 2. The Bertz CT molecular complexity index is 668. The first-order chi connectivity index (χ1) is 13.0. The molecule has 0 amide bonds. The molecule has 5 heteroatoms. The van der Waals surface area contributed by atoms with Crippen LogP contribution in [0.5, 0.6) is 0 Å². The second-order valence-electron chi connectivity index (χ2n) is 7.00. The van der Waals surface area contributed by atoms with Crippen molar-refractivity contribution in [1.29, 1.82) is 0 Å². The fourth-order valence-electron chi connectivity index (χ4n) is 3.14. The largest absolute Gasteiger partial charge is 0.479 e. The van der Waals surface area contributed by atoms with Crippen LogP contribution in [0.3, 0.4) is 0 Å². The lowest BCUT2D eigenvalue weighted by atomic mass is 10.0. The standard InChI is InChI=1S/C19H24N2.C3H6O3/c1-20-14-12-19(13-15-20)21(18-10-6-3-7-11-18)16-17-8-4-2-5-9-17;1-2(4)3(5)6/h2-11,19H,12-16H2,1H3;2,4H,1H3,(H,5,6). The lowest BCUT2D eigenvalue weighted by molar-refractivity contribution is -0.145. The Hall–Kier alpha value is -2.37. The third-order valence-corrected chi connectivity index (χ3v) is 4.77. The Balaban J connectivity index is 0.000000380. The summed E-state index contributed by atoms with van der Waals surface area (Å²) in [6, 6.07) is 22.3. The molecule has 5 nitrogen and oxygen atoms in total. The maximum Gasteiger partial charge on any atom is 0.332 e. The lowest BCUT2D eigenvalue weighted by Crippen LogP contribution is -2.43. The summed E-state index contributed by atoms with van der Waals surface area (Å²) in [4.78, 5) is 14.5. The van der Waals surface area contributed by atoms with E-state index in [1.807, 2.05) is 0 Å². The van der Waals surface area contributed by atoms with Crippen molar-refractivity contribution in [1.82, 2.24) is 4.90 Å². The maximum atomic E-state index is 9.45. The van der Waals surface area contributed by atoms with Crippen LogP contribution in [0.25, 0.3) is 0 Å². The van der Waals surface area contributed by atoms with Gasteiger partial charge in [-0.15, -0.1) is 0 Å². The Morgan fingerprint density at radius 3 is 2.04 bits per heavy atom. The Morgan fingerprint density at radius 2 is 1.56 bits per heavy atom. The highest BCUT2D eigenvalue weighted by Crippen LogP contribution is 2.25. The molecule has 3 rings (SSSR count). The zero-order valence-corrected chi connectivity index (χ0v) is 16.2. The van der Waals surface area contributed by atoms with Crippen LogP contribution >= 0.6 is 0 Å². The zero-order valence-electron chi connectivity index (χ0n) is 16.2. The van der Waals surface area contributed by atoms with Crippen molar-refractivity contribution in [2.75, 3.05) is 25.0 Å². The molecule has 1 saturated heterocycles. The number of aliphatic hydroxyl groups is 1. The summed E-state index contributed by atoms with van der Waals surface area (Å²) >= 11 is 0. The number of carboxylic acid groups (broad SMARTS) is 1. The van der Waals surface area contributed by atoms with Gasteiger partial charge >= 0.3 is 5.97 Å². The number of hydrogen-bond acceptors (Lipinski definition) is 4. The number of para-hydroxylation sites is 1. The molecule has 1 heterocycles. The van der Waals surface area contributed by atoms with E-state index >= 15 is 0 Å². The Morgan fingerprint density at radius 1 is 1.07 bits per heavy atom. The molecule has 27 heavy (non-hydrogen) atoms. The third-order valence-electron chi connectivity index (χ3n) is 4.77. The Labute approximate surface area is 161 Å². The summed E-state index contributed by atoms with van der Waals surface area (Å²) in [7, 11) is 2.22. The second kappa shape index (κ2) is 10.7. The minimum Gasteiger partial charge on any atom is -0.479 e. The summed E-state index contributed by atoms with van der Waals surface area (Å²) in [5, 5.41) is 15.8. The van der Waals surface area contributed by atoms with E-state index < -0.39 is 12.1 Å². The fraction of sp³-hybridized carbons (Fsp3) is 0.409. The minimum absolute atomic E-state index is 0.642. The van der Waals surface area contributed by atoms with Crippen molar-refractivity contribution in [2.24, 2.45) is 0 Å². The number of aliphatic carboxylic acids is 1. The molecule has 0 saturated carbocycles. The van der Waals surface area contributed by atoms with E-state index in [2.05, 4.69) is 77.5 Å². The van der Waals surface area contributed by atoms with E-state index in [9.17, 15) is 4.79 Å². The molecule has 0 aromatic heterocycles. The van der Waals surface area contributed by atoms with Gasteiger partial charge in [-0.25, -0.2) is 4.79 Å². The summed E-state index contributed by atoms with van der Waals surface area (Å²) in [6.07, 6.45) is 1.27. The summed E-state index contributed by atoms with van der Waals surface area (Å²) < 4.78 is 0. The van der Waals surface area contributed by atoms with E-state index in [4.69, 9.17) is 10.2 Å². The summed E-state index contributed by atoms with van der Waals surface area (Å²) in [5.41, 5.74) is 2.73. The molecule has 146 valence electrons. The van der Waals surface area contributed by atoms with Gasteiger partial charge in [-0.3, -0.25) is 0 Å². The number of anilines is 1. The van der Waals surface area contributed by atoms with Crippen LogP contribution in [0, 0.1) is 0 Å². The normalized spacial score (nSPS) is 16.1. The van der Waals surface area contributed by atoms with Crippen LogP contribution in [-0.2, 0) is 11.3 Å². The highest BCUT2D eigenvalue weighted by atomic mass is 16.4. The number of piperidine rings is 1. The van der Waals surface area contributed by atoms with Crippen LogP contribution in [0.15, 0.2) is 60.7 Å². The van der Waals surface area contributed by atoms with Crippen molar-refractivity contribution in [2.45, 2.75) is 38.5 Å². The van der Waals surface area contributed by atoms with Crippen molar-refractivity contribution in [3.05, 3.63) is 66.2 Å². The van der Waals surface area contributed by atoms with Crippen molar-refractivity contribution in [3.63, 3.8) is 0 Å². The second-order valence-corrected chi connectivity index (χ2v) is 7.00. The molecule has 2 aromatic rings. The quantitative estimate of drug-likeness (QED) is 0.846. The Kier molecular flexibility index (Phi) is 8.30. The van der Waals surface area contributed by atoms with Gasteiger partial charge < -0.3 is 20.0 Å². The van der Waals surface area contributed by atoms with Gasteiger partial charge in [0.1, 0.15) is 6.10 Å². The molecule has 1 atom stereocenters. The summed E-state index contributed by atoms with van der Waals surface area (Å²) in [5.74, 6) is -1.19. The van der Waals surface area contributed by atoms with Gasteiger partial charge in [0, 0.05) is 18.3 Å². The van der Waals surface area contributed by atoms with Crippen LogP contribution in [-0.4, -0.2) is 53.4 Å². The molecular weight excluding hydrogens is 340 g/mol. The van der Waals surface area contributed by atoms with Crippen LogP contribution in [0.4, 0.5) is 5.69 Å². The molecule has 1 fully saturated rings. The third kappa shape index (κ3) is 7.04. The fourth-order valence-corrected chi connectivity index (χ4v) is 3.14. The number of aliphatic hydroxyl groups excluding tert-OH is 1. The van der Waals surface area contributed by atoms with Crippen molar-refractivity contribution >= 4 is 11.7 Å².